The largest absolute Gasteiger partial charge is 0.378 e. The summed E-state index contributed by atoms with van der Waals surface area (Å²) >= 11 is 0. The van der Waals surface area contributed by atoms with E-state index in [1.807, 2.05) is 69.0 Å². The summed E-state index contributed by atoms with van der Waals surface area (Å²) in [6.45, 7) is 11.6. The van der Waals surface area contributed by atoms with Crippen molar-refractivity contribution >= 4 is 17.8 Å². The standard InChI is InChI=1S/C24H41N7O/c1-9-19(4)22(16-17-30(8)28-27-20(5)31(11-3)25-10-2)26-23-15-13-12-14-21(23)18-24(32)29(6)7/h9-10,12-15,20,22,26H,11,16-18H2,1-8H3/b19-9+,25-10-,28-27?. The molecule has 1 N–H and O–H groups in total. The Balaban J connectivity index is 2.84. The molecule has 1 aromatic rings. The van der Waals surface area contributed by atoms with Crippen molar-refractivity contribution in [2.45, 2.75) is 59.7 Å². The Morgan fingerprint density at radius 1 is 1.19 bits per heavy atom. The molecule has 0 saturated heterocycles. The van der Waals surface area contributed by atoms with Gasteiger partial charge in [0.25, 0.3) is 0 Å². The molecule has 1 rings (SSSR count). The first kappa shape index (κ1) is 27.1. The van der Waals surface area contributed by atoms with Gasteiger partial charge in [-0.3, -0.25) is 14.8 Å². The Morgan fingerprint density at radius 2 is 1.88 bits per heavy atom. The smallest absolute Gasteiger partial charge is 0.226 e. The number of amides is 1. The normalized spacial score (nSPS) is 13.9. The first-order valence-corrected chi connectivity index (χ1v) is 11.3. The highest BCUT2D eigenvalue weighted by Crippen LogP contribution is 2.21. The van der Waals surface area contributed by atoms with Crippen LogP contribution in [0.25, 0.3) is 0 Å². The molecule has 178 valence electrons. The van der Waals surface area contributed by atoms with Crippen molar-refractivity contribution in [3.8, 4) is 0 Å². The monoisotopic (exact) mass is 443 g/mol. The van der Waals surface area contributed by atoms with Gasteiger partial charge in [-0.1, -0.05) is 35.1 Å². The van der Waals surface area contributed by atoms with Crippen LogP contribution in [0.15, 0.2) is 51.4 Å². The van der Waals surface area contributed by atoms with Gasteiger partial charge in [-0.05, 0) is 52.7 Å². The molecule has 1 aromatic carbocycles. The molecular formula is C24H41N7O. The number of anilines is 1. The van der Waals surface area contributed by atoms with Crippen LogP contribution in [0.1, 0.15) is 46.6 Å². The molecule has 0 saturated carbocycles. The van der Waals surface area contributed by atoms with Gasteiger partial charge >= 0.3 is 0 Å². The first-order valence-electron chi connectivity index (χ1n) is 11.3. The number of hydrogen-bond donors (Lipinski definition) is 1. The fraction of sp³-hybridized carbons (Fsp3) is 0.583. The van der Waals surface area contributed by atoms with Crippen LogP contribution in [0.5, 0.6) is 0 Å². The summed E-state index contributed by atoms with van der Waals surface area (Å²) in [5.74, 6) is 0.0846. The number of benzene rings is 1. The molecule has 0 heterocycles. The molecule has 0 radical (unpaired) electrons. The predicted octanol–water partition coefficient (Wildman–Crippen LogP) is 4.43. The number of nitrogens with zero attached hydrogens (tertiary/aromatic N) is 6. The molecule has 0 spiro atoms. The van der Waals surface area contributed by atoms with Crippen molar-refractivity contribution in [1.29, 1.82) is 0 Å². The Hall–Kier alpha value is -2.90. The molecule has 0 aromatic heterocycles. The van der Waals surface area contributed by atoms with E-state index < -0.39 is 0 Å². The fourth-order valence-corrected chi connectivity index (χ4v) is 3.11. The Bertz CT molecular complexity index is 788. The average molecular weight is 444 g/mol. The summed E-state index contributed by atoms with van der Waals surface area (Å²) in [6.07, 6.45) is 4.99. The van der Waals surface area contributed by atoms with Crippen LogP contribution in [0, 0.1) is 0 Å². The molecule has 32 heavy (non-hydrogen) atoms. The molecule has 0 aliphatic rings. The highest BCUT2D eigenvalue weighted by molar-refractivity contribution is 5.80. The van der Waals surface area contributed by atoms with E-state index in [4.69, 9.17) is 0 Å². The number of likely N-dealkylation sites (N-methyl/N-ethyl adjacent to an activating group) is 1. The van der Waals surface area contributed by atoms with Gasteiger partial charge in [-0.2, -0.15) is 5.10 Å². The highest BCUT2D eigenvalue weighted by Gasteiger charge is 2.15. The summed E-state index contributed by atoms with van der Waals surface area (Å²) in [5, 5.41) is 20.4. The number of para-hydroxylation sites is 1. The summed E-state index contributed by atoms with van der Waals surface area (Å²) in [7, 11) is 5.50. The fourth-order valence-electron chi connectivity index (χ4n) is 3.11. The van der Waals surface area contributed by atoms with E-state index in [0.717, 1.165) is 30.8 Å². The molecule has 1 amide bonds. The lowest BCUT2D eigenvalue weighted by Crippen LogP contribution is -2.29. The summed E-state index contributed by atoms with van der Waals surface area (Å²) < 4.78 is 0. The van der Waals surface area contributed by atoms with Gasteiger partial charge in [0.05, 0.1) is 6.42 Å². The number of allylic oxidation sites excluding steroid dienone is 1. The van der Waals surface area contributed by atoms with Crippen molar-refractivity contribution in [2.24, 2.45) is 15.4 Å². The van der Waals surface area contributed by atoms with Gasteiger partial charge in [-0.25, -0.2) is 0 Å². The van der Waals surface area contributed by atoms with E-state index in [2.05, 4.69) is 33.8 Å². The third-order valence-corrected chi connectivity index (χ3v) is 5.32. The highest BCUT2D eigenvalue weighted by atomic mass is 16.2. The van der Waals surface area contributed by atoms with Gasteiger partial charge in [0.15, 0.2) is 6.17 Å². The number of nitrogens with one attached hydrogen (secondary N) is 1. The van der Waals surface area contributed by atoms with Gasteiger partial charge in [0.1, 0.15) is 0 Å². The maximum absolute atomic E-state index is 12.2. The van der Waals surface area contributed by atoms with Crippen molar-refractivity contribution in [3.05, 3.63) is 41.5 Å². The van der Waals surface area contributed by atoms with Gasteiger partial charge in [0, 0.05) is 52.2 Å². The molecule has 0 aliphatic carbocycles. The first-order chi connectivity index (χ1) is 15.2. The lowest BCUT2D eigenvalue weighted by molar-refractivity contribution is -0.127. The lowest BCUT2D eigenvalue weighted by Gasteiger charge is -2.25. The molecule has 0 bridgehead atoms. The number of hydrazone groups is 1. The quantitative estimate of drug-likeness (QED) is 0.212. The minimum absolute atomic E-state index is 0.0846. The van der Waals surface area contributed by atoms with Crippen molar-refractivity contribution < 1.29 is 4.79 Å². The van der Waals surface area contributed by atoms with Crippen LogP contribution in [0.2, 0.25) is 0 Å². The Kier molecular flexibility index (Phi) is 12.1. The number of carbonyl (C=O) groups is 1. The maximum atomic E-state index is 12.2. The molecule has 0 aliphatic heterocycles. The molecule has 2 atom stereocenters. The van der Waals surface area contributed by atoms with E-state index in [0.29, 0.717) is 6.42 Å². The molecule has 8 nitrogen and oxygen atoms in total. The SMILES string of the molecule is C/C=N\N(CC)C(C)N=NN(C)CCC(Nc1ccccc1CC(=O)N(C)C)/C(C)=C/C. The van der Waals surface area contributed by atoms with Crippen LogP contribution in [0.4, 0.5) is 5.69 Å². The Morgan fingerprint density at radius 3 is 2.47 bits per heavy atom. The Labute approximate surface area is 194 Å². The van der Waals surface area contributed by atoms with Gasteiger partial charge < -0.3 is 10.2 Å². The number of carbonyl (C=O) groups excluding carboxylic acids is 1. The zero-order valence-corrected chi connectivity index (χ0v) is 21.0. The summed E-state index contributed by atoms with van der Waals surface area (Å²) in [4.78, 5) is 13.9. The number of hydrogen-bond acceptors (Lipinski definition) is 6. The van der Waals surface area contributed by atoms with Crippen LogP contribution < -0.4 is 5.32 Å². The second-order valence-electron chi connectivity index (χ2n) is 7.99. The topological polar surface area (TPSA) is 75.9 Å². The van der Waals surface area contributed by atoms with E-state index in [9.17, 15) is 4.79 Å². The van der Waals surface area contributed by atoms with Crippen LogP contribution in [0.3, 0.4) is 0 Å². The summed E-state index contributed by atoms with van der Waals surface area (Å²) in [5.41, 5.74) is 3.23. The van der Waals surface area contributed by atoms with Crippen molar-refractivity contribution in [3.63, 3.8) is 0 Å². The molecule has 2 unspecified atom stereocenters. The third kappa shape index (κ3) is 9.08. The van der Waals surface area contributed by atoms with Crippen molar-refractivity contribution in [2.75, 3.05) is 39.5 Å². The van der Waals surface area contributed by atoms with E-state index in [-0.39, 0.29) is 18.1 Å². The third-order valence-electron chi connectivity index (χ3n) is 5.32. The van der Waals surface area contributed by atoms with E-state index in [1.165, 1.54) is 5.57 Å². The van der Waals surface area contributed by atoms with Crippen LogP contribution >= 0.6 is 0 Å². The van der Waals surface area contributed by atoms with Crippen molar-refractivity contribution in [1.82, 2.24) is 14.9 Å². The van der Waals surface area contributed by atoms with E-state index in [1.54, 1.807) is 25.2 Å². The minimum atomic E-state index is -0.119. The maximum Gasteiger partial charge on any atom is 0.226 e. The minimum Gasteiger partial charge on any atom is -0.378 e. The van der Waals surface area contributed by atoms with Gasteiger partial charge in [0.2, 0.25) is 5.91 Å². The lowest BCUT2D eigenvalue weighted by atomic mass is 10.0. The molecular weight excluding hydrogens is 402 g/mol. The molecule has 8 heteroatoms. The molecule has 0 fully saturated rings. The zero-order chi connectivity index (χ0) is 24.1. The van der Waals surface area contributed by atoms with Crippen LogP contribution in [-0.2, 0) is 11.2 Å². The second-order valence-corrected chi connectivity index (χ2v) is 7.99. The zero-order valence-electron chi connectivity index (χ0n) is 21.0. The number of rotatable bonds is 13. The average Bonchev–Trinajstić information content (AvgIpc) is 2.78. The second kappa shape index (κ2) is 14.2. The summed E-state index contributed by atoms with van der Waals surface area (Å²) in [6, 6.07) is 8.13. The van der Waals surface area contributed by atoms with Gasteiger partial charge in [-0.15, -0.1) is 5.11 Å². The predicted molar refractivity (Wildman–Crippen MR) is 134 cm³/mol. The van der Waals surface area contributed by atoms with Crippen LogP contribution in [-0.4, -0.2) is 73.5 Å². The van der Waals surface area contributed by atoms with E-state index >= 15 is 0 Å².